The SMILES string of the molecule is O=C=C(O)c1c[nH]c(=O)[nH]c1=O. The number of rotatable bonds is 1. The highest BCUT2D eigenvalue weighted by atomic mass is 16.3. The smallest absolute Gasteiger partial charge is 0.325 e. The van der Waals surface area contributed by atoms with Crippen LogP contribution in [-0.4, -0.2) is 21.0 Å². The normalized spacial score (nSPS) is 9.00. The Morgan fingerprint density at radius 3 is 2.67 bits per heavy atom. The Morgan fingerprint density at radius 2 is 2.17 bits per heavy atom. The Morgan fingerprint density at radius 1 is 1.50 bits per heavy atom. The van der Waals surface area contributed by atoms with E-state index in [-0.39, 0.29) is 5.56 Å². The van der Waals surface area contributed by atoms with Gasteiger partial charge >= 0.3 is 5.69 Å². The molecule has 0 unspecified atom stereocenters. The zero-order valence-corrected chi connectivity index (χ0v) is 5.75. The lowest BCUT2D eigenvalue weighted by atomic mass is 10.3. The van der Waals surface area contributed by atoms with Gasteiger partial charge in [-0.15, -0.1) is 0 Å². The first-order valence-electron chi connectivity index (χ1n) is 2.91. The maximum atomic E-state index is 10.8. The van der Waals surface area contributed by atoms with Crippen molar-refractivity contribution in [3.05, 3.63) is 32.6 Å². The van der Waals surface area contributed by atoms with Gasteiger partial charge in [0.05, 0.1) is 0 Å². The molecule has 0 radical (unpaired) electrons. The number of carbonyl (C=O) groups excluding carboxylic acids is 1. The van der Waals surface area contributed by atoms with Crippen molar-refractivity contribution in [1.29, 1.82) is 0 Å². The van der Waals surface area contributed by atoms with Gasteiger partial charge < -0.3 is 10.1 Å². The van der Waals surface area contributed by atoms with E-state index < -0.39 is 17.0 Å². The number of nitrogens with one attached hydrogen (secondary N) is 2. The molecule has 0 aliphatic carbocycles. The van der Waals surface area contributed by atoms with Crippen LogP contribution < -0.4 is 11.2 Å². The minimum Gasteiger partial charge on any atom is -0.498 e. The van der Waals surface area contributed by atoms with Crippen LogP contribution in [0.3, 0.4) is 0 Å². The van der Waals surface area contributed by atoms with Gasteiger partial charge in [-0.05, 0) is 0 Å². The standard InChI is InChI=1S/C6H4N2O4/c9-2-4(10)3-1-7-6(12)8-5(3)11/h1,10H,(H2,7,8,11,12). The molecule has 0 fully saturated rings. The number of aliphatic hydroxyl groups excluding tert-OH is 1. The molecular formula is C6H4N2O4. The summed E-state index contributed by atoms with van der Waals surface area (Å²) in [5.74, 6) is 0.281. The highest BCUT2D eigenvalue weighted by molar-refractivity contribution is 5.81. The van der Waals surface area contributed by atoms with Crippen LogP contribution in [0, 0.1) is 0 Å². The average Bonchev–Trinajstić information content (AvgIpc) is 2.03. The minimum atomic E-state index is -0.840. The quantitative estimate of drug-likeness (QED) is 0.361. The van der Waals surface area contributed by atoms with Crippen LogP contribution >= 0.6 is 0 Å². The van der Waals surface area contributed by atoms with Crippen molar-refractivity contribution < 1.29 is 9.90 Å². The molecule has 12 heavy (non-hydrogen) atoms. The molecule has 0 spiro atoms. The highest BCUT2D eigenvalue weighted by Gasteiger charge is 2.04. The number of aromatic amines is 2. The van der Waals surface area contributed by atoms with Gasteiger partial charge in [-0.2, -0.15) is 0 Å². The molecular weight excluding hydrogens is 164 g/mol. The maximum absolute atomic E-state index is 10.8. The van der Waals surface area contributed by atoms with Gasteiger partial charge in [0.1, 0.15) is 5.56 Å². The van der Waals surface area contributed by atoms with E-state index in [1.165, 1.54) is 0 Å². The van der Waals surface area contributed by atoms with E-state index in [0.29, 0.717) is 0 Å². The number of hydrogen-bond acceptors (Lipinski definition) is 4. The third-order valence-electron chi connectivity index (χ3n) is 1.17. The second-order valence-electron chi connectivity index (χ2n) is 1.94. The Hall–Kier alpha value is -2.07. The molecule has 0 aliphatic rings. The van der Waals surface area contributed by atoms with Crippen LogP contribution in [0.5, 0.6) is 0 Å². The summed E-state index contributed by atoms with van der Waals surface area (Å²) < 4.78 is 0. The summed E-state index contributed by atoms with van der Waals surface area (Å²) in [7, 11) is 0. The van der Waals surface area contributed by atoms with Crippen molar-refractivity contribution in [2.24, 2.45) is 0 Å². The fourth-order valence-corrected chi connectivity index (χ4v) is 0.641. The molecule has 0 aromatic carbocycles. The van der Waals surface area contributed by atoms with Crippen molar-refractivity contribution in [3.8, 4) is 0 Å². The van der Waals surface area contributed by atoms with Gasteiger partial charge in [0.25, 0.3) is 5.56 Å². The summed E-state index contributed by atoms with van der Waals surface area (Å²) in [6.45, 7) is 0. The third-order valence-corrected chi connectivity index (χ3v) is 1.17. The van der Waals surface area contributed by atoms with Crippen LogP contribution in [0.25, 0.3) is 5.76 Å². The first-order valence-corrected chi connectivity index (χ1v) is 2.91. The second kappa shape index (κ2) is 2.89. The van der Waals surface area contributed by atoms with Gasteiger partial charge in [-0.3, -0.25) is 9.78 Å². The van der Waals surface area contributed by atoms with E-state index in [4.69, 9.17) is 5.11 Å². The van der Waals surface area contributed by atoms with Crippen molar-refractivity contribution >= 4 is 11.7 Å². The molecule has 0 atom stereocenters. The second-order valence-corrected chi connectivity index (χ2v) is 1.94. The van der Waals surface area contributed by atoms with E-state index in [0.717, 1.165) is 12.1 Å². The van der Waals surface area contributed by atoms with Gasteiger partial charge in [-0.1, -0.05) is 0 Å². The summed E-state index contributed by atoms with van der Waals surface area (Å²) in [5.41, 5.74) is -1.85. The van der Waals surface area contributed by atoms with Crippen LogP contribution in [-0.2, 0) is 4.79 Å². The van der Waals surface area contributed by atoms with Crippen LogP contribution in [0.15, 0.2) is 15.8 Å². The summed E-state index contributed by atoms with van der Waals surface area (Å²) in [6.07, 6.45) is 0.932. The van der Waals surface area contributed by atoms with E-state index in [1.54, 1.807) is 0 Å². The first-order chi connectivity index (χ1) is 5.65. The van der Waals surface area contributed by atoms with Crippen molar-refractivity contribution in [2.75, 3.05) is 0 Å². The van der Waals surface area contributed by atoms with Crippen molar-refractivity contribution in [3.63, 3.8) is 0 Å². The van der Waals surface area contributed by atoms with E-state index in [2.05, 4.69) is 4.98 Å². The molecule has 0 bridgehead atoms. The summed E-state index contributed by atoms with van der Waals surface area (Å²) in [6, 6.07) is 0. The first kappa shape index (κ1) is 8.03. The minimum absolute atomic E-state index is 0.315. The summed E-state index contributed by atoms with van der Waals surface area (Å²) in [4.78, 5) is 35.1. The summed E-state index contributed by atoms with van der Waals surface area (Å²) in [5, 5.41) is 8.75. The van der Waals surface area contributed by atoms with Crippen LogP contribution in [0.4, 0.5) is 0 Å². The van der Waals surface area contributed by atoms with Crippen LogP contribution in [0.2, 0.25) is 0 Å². The van der Waals surface area contributed by atoms with Gasteiger partial charge in [0.2, 0.25) is 5.76 Å². The Labute approximate surface area is 65.2 Å². The van der Waals surface area contributed by atoms with Gasteiger partial charge in [-0.25, -0.2) is 9.59 Å². The third kappa shape index (κ3) is 1.33. The topological polar surface area (TPSA) is 103 Å². The Kier molecular flexibility index (Phi) is 1.94. The fraction of sp³-hybridized carbons (Fsp3) is 0. The van der Waals surface area contributed by atoms with Crippen molar-refractivity contribution in [2.45, 2.75) is 0 Å². The maximum Gasteiger partial charge on any atom is 0.325 e. The summed E-state index contributed by atoms with van der Waals surface area (Å²) >= 11 is 0. The Balaban J connectivity index is 3.48. The molecule has 6 heteroatoms. The number of H-pyrrole nitrogens is 2. The molecule has 0 aliphatic heterocycles. The Bertz CT molecular complexity index is 449. The zero-order chi connectivity index (χ0) is 9.14. The number of aromatic nitrogens is 2. The van der Waals surface area contributed by atoms with Crippen LogP contribution in [0.1, 0.15) is 5.56 Å². The van der Waals surface area contributed by atoms with E-state index in [1.807, 2.05) is 4.98 Å². The molecule has 0 saturated heterocycles. The fourth-order valence-electron chi connectivity index (χ4n) is 0.641. The lowest BCUT2D eigenvalue weighted by Gasteiger charge is -1.91. The molecule has 1 aromatic rings. The lowest BCUT2D eigenvalue weighted by Crippen LogP contribution is -2.24. The molecule has 1 aromatic heterocycles. The molecule has 1 rings (SSSR count). The van der Waals surface area contributed by atoms with E-state index in [9.17, 15) is 14.4 Å². The van der Waals surface area contributed by atoms with Gasteiger partial charge in [0, 0.05) is 6.20 Å². The highest BCUT2D eigenvalue weighted by Crippen LogP contribution is 1.95. The number of aliphatic hydroxyl groups is 1. The molecule has 62 valence electrons. The zero-order valence-electron chi connectivity index (χ0n) is 5.75. The number of hydrogen-bond donors (Lipinski definition) is 3. The molecule has 6 nitrogen and oxygen atoms in total. The van der Waals surface area contributed by atoms with E-state index >= 15 is 0 Å². The molecule has 1 heterocycles. The van der Waals surface area contributed by atoms with Crippen molar-refractivity contribution in [1.82, 2.24) is 9.97 Å². The molecule has 0 saturated carbocycles. The molecule has 3 N–H and O–H groups in total. The lowest BCUT2D eigenvalue weighted by molar-refractivity contribution is 0.501. The largest absolute Gasteiger partial charge is 0.498 e. The average molecular weight is 168 g/mol. The molecule has 0 amide bonds. The predicted octanol–water partition coefficient (Wildman–Crippen LogP) is -1.21. The monoisotopic (exact) mass is 168 g/mol. The van der Waals surface area contributed by atoms with Gasteiger partial charge in [0.15, 0.2) is 5.94 Å². The predicted molar refractivity (Wildman–Crippen MR) is 39.4 cm³/mol.